The number of hydrogen-bond donors (Lipinski definition) is 2. The number of anilines is 1. The molecule has 1 aromatic carbocycles. The molecule has 0 saturated heterocycles. The molecule has 2 N–H and O–H groups in total. The lowest BCUT2D eigenvalue weighted by atomic mass is 10.2. The number of benzene rings is 1. The van der Waals surface area contributed by atoms with Crippen LogP contribution in [0.5, 0.6) is 0 Å². The first-order valence-corrected chi connectivity index (χ1v) is 7.17. The quantitative estimate of drug-likeness (QED) is 0.761. The molecule has 8 heteroatoms. The molecule has 2 amide bonds. The SMILES string of the molecule is Cc1cc(CNC(=O)Nc2cc(-c3cccc(Cl)c3)on2)on1. The zero-order valence-electron chi connectivity index (χ0n) is 12.2. The van der Waals surface area contributed by atoms with Gasteiger partial charge in [0.2, 0.25) is 0 Å². The molecular weight excluding hydrogens is 320 g/mol. The highest BCUT2D eigenvalue weighted by Gasteiger charge is 2.10. The first-order valence-electron chi connectivity index (χ1n) is 6.80. The van der Waals surface area contributed by atoms with Gasteiger partial charge in [0.1, 0.15) is 0 Å². The van der Waals surface area contributed by atoms with Crippen molar-refractivity contribution < 1.29 is 13.8 Å². The van der Waals surface area contributed by atoms with Gasteiger partial charge >= 0.3 is 6.03 Å². The van der Waals surface area contributed by atoms with Gasteiger partial charge in [-0.1, -0.05) is 34.0 Å². The molecule has 0 saturated carbocycles. The van der Waals surface area contributed by atoms with Crippen LogP contribution >= 0.6 is 11.6 Å². The van der Waals surface area contributed by atoms with E-state index in [9.17, 15) is 4.79 Å². The first-order chi connectivity index (χ1) is 11.1. The minimum absolute atomic E-state index is 0.228. The van der Waals surface area contributed by atoms with Crippen molar-refractivity contribution in [3.63, 3.8) is 0 Å². The highest BCUT2D eigenvalue weighted by Crippen LogP contribution is 2.24. The molecule has 2 heterocycles. The second kappa shape index (κ2) is 6.53. The number of aryl methyl sites for hydroxylation is 1. The van der Waals surface area contributed by atoms with Crippen LogP contribution in [0.15, 0.2) is 45.4 Å². The number of hydrogen-bond acceptors (Lipinski definition) is 5. The van der Waals surface area contributed by atoms with E-state index in [0.717, 1.165) is 11.3 Å². The Morgan fingerprint density at radius 2 is 2.09 bits per heavy atom. The summed E-state index contributed by atoms with van der Waals surface area (Å²) in [5.41, 5.74) is 1.53. The summed E-state index contributed by atoms with van der Waals surface area (Å²) in [6, 6.07) is 10.1. The van der Waals surface area contributed by atoms with Crippen molar-refractivity contribution in [2.45, 2.75) is 13.5 Å². The summed E-state index contributed by atoms with van der Waals surface area (Å²) in [5, 5.41) is 13.3. The number of carbonyl (C=O) groups is 1. The molecule has 0 fully saturated rings. The van der Waals surface area contributed by atoms with Gasteiger partial charge in [-0.2, -0.15) is 0 Å². The average Bonchev–Trinajstić information content (AvgIpc) is 3.14. The Bertz CT molecular complexity index is 828. The molecule has 0 aliphatic heterocycles. The van der Waals surface area contributed by atoms with Gasteiger partial charge in [-0.3, -0.25) is 5.32 Å². The van der Waals surface area contributed by atoms with E-state index in [1.165, 1.54) is 0 Å². The number of amides is 2. The van der Waals surface area contributed by atoms with Crippen LogP contribution in [0.25, 0.3) is 11.3 Å². The summed E-state index contributed by atoms with van der Waals surface area (Å²) < 4.78 is 10.2. The van der Waals surface area contributed by atoms with Crippen LogP contribution in [0.2, 0.25) is 5.02 Å². The Morgan fingerprint density at radius 1 is 1.22 bits per heavy atom. The van der Waals surface area contributed by atoms with E-state index >= 15 is 0 Å². The summed E-state index contributed by atoms with van der Waals surface area (Å²) in [4.78, 5) is 11.8. The molecule has 0 unspecified atom stereocenters. The number of carbonyl (C=O) groups excluding carboxylic acids is 1. The number of urea groups is 1. The van der Waals surface area contributed by atoms with Crippen LogP contribution in [0.3, 0.4) is 0 Å². The summed E-state index contributed by atoms with van der Waals surface area (Å²) in [7, 11) is 0. The molecule has 3 aromatic rings. The van der Waals surface area contributed by atoms with Crippen molar-refractivity contribution in [3.8, 4) is 11.3 Å². The lowest BCUT2D eigenvalue weighted by molar-refractivity contribution is 0.250. The second-order valence-corrected chi connectivity index (χ2v) is 5.27. The topological polar surface area (TPSA) is 93.2 Å². The third-order valence-corrected chi connectivity index (χ3v) is 3.20. The first kappa shape index (κ1) is 15.1. The molecule has 0 radical (unpaired) electrons. The lowest BCUT2D eigenvalue weighted by Crippen LogP contribution is -2.28. The number of halogens is 1. The normalized spacial score (nSPS) is 10.5. The minimum Gasteiger partial charge on any atom is -0.359 e. The fraction of sp³-hybridized carbons (Fsp3) is 0.133. The van der Waals surface area contributed by atoms with E-state index in [0.29, 0.717) is 22.4 Å². The van der Waals surface area contributed by atoms with Gasteiger partial charge in [0.25, 0.3) is 0 Å². The van der Waals surface area contributed by atoms with E-state index in [-0.39, 0.29) is 6.54 Å². The predicted molar refractivity (Wildman–Crippen MR) is 84.0 cm³/mol. The Kier molecular flexibility index (Phi) is 4.29. The van der Waals surface area contributed by atoms with Gasteiger partial charge in [-0.05, 0) is 19.1 Å². The van der Waals surface area contributed by atoms with Crippen molar-refractivity contribution in [1.82, 2.24) is 15.6 Å². The third kappa shape index (κ3) is 3.89. The zero-order valence-corrected chi connectivity index (χ0v) is 12.9. The van der Waals surface area contributed by atoms with Crippen molar-refractivity contribution in [3.05, 3.63) is 52.9 Å². The fourth-order valence-corrected chi connectivity index (χ4v) is 2.13. The minimum atomic E-state index is -0.426. The van der Waals surface area contributed by atoms with Crippen LogP contribution in [0, 0.1) is 6.92 Å². The monoisotopic (exact) mass is 332 g/mol. The maximum absolute atomic E-state index is 11.8. The van der Waals surface area contributed by atoms with Crippen LogP contribution in [0.1, 0.15) is 11.5 Å². The lowest BCUT2D eigenvalue weighted by Gasteiger charge is -2.01. The highest BCUT2D eigenvalue weighted by atomic mass is 35.5. The van der Waals surface area contributed by atoms with Gasteiger partial charge in [-0.15, -0.1) is 0 Å². The third-order valence-electron chi connectivity index (χ3n) is 2.96. The Hall–Kier alpha value is -2.80. The molecule has 0 aliphatic rings. The van der Waals surface area contributed by atoms with E-state index < -0.39 is 6.03 Å². The summed E-state index contributed by atoms with van der Waals surface area (Å²) in [6.45, 7) is 2.03. The van der Waals surface area contributed by atoms with Crippen molar-refractivity contribution in [2.75, 3.05) is 5.32 Å². The molecule has 3 rings (SSSR count). The van der Waals surface area contributed by atoms with Crippen molar-refractivity contribution in [1.29, 1.82) is 0 Å². The Morgan fingerprint density at radius 3 is 2.83 bits per heavy atom. The molecule has 7 nitrogen and oxygen atoms in total. The van der Waals surface area contributed by atoms with Crippen LogP contribution in [0.4, 0.5) is 10.6 Å². The Labute approximate surface area is 136 Å². The maximum atomic E-state index is 11.8. The Balaban J connectivity index is 1.59. The standard InChI is InChI=1S/C15H13ClN4O3/c1-9-5-12(22-19-9)8-17-15(21)18-14-7-13(23-20-14)10-3-2-4-11(16)6-10/h2-7H,8H2,1H3,(H2,17,18,20,21). The number of nitrogens with one attached hydrogen (secondary N) is 2. The highest BCUT2D eigenvalue weighted by molar-refractivity contribution is 6.30. The molecule has 0 aliphatic carbocycles. The second-order valence-electron chi connectivity index (χ2n) is 4.83. The van der Waals surface area contributed by atoms with Crippen LogP contribution in [-0.2, 0) is 6.54 Å². The van der Waals surface area contributed by atoms with Crippen LogP contribution in [-0.4, -0.2) is 16.3 Å². The number of nitrogens with zero attached hydrogens (tertiary/aromatic N) is 2. The van der Waals surface area contributed by atoms with E-state index in [2.05, 4.69) is 20.9 Å². The molecule has 0 spiro atoms. The van der Waals surface area contributed by atoms with Gasteiger partial charge in [0, 0.05) is 22.7 Å². The molecular formula is C15H13ClN4O3. The number of rotatable bonds is 4. The smallest absolute Gasteiger partial charge is 0.320 e. The van der Waals surface area contributed by atoms with Crippen molar-refractivity contribution >= 4 is 23.4 Å². The average molecular weight is 333 g/mol. The summed E-state index contributed by atoms with van der Waals surface area (Å²) >= 11 is 5.93. The molecule has 2 aromatic heterocycles. The largest absolute Gasteiger partial charge is 0.359 e. The molecule has 0 bridgehead atoms. The van der Waals surface area contributed by atoms with Gasteiger partial charge in [0.05, 0.1) is 12.2 Å². The summed E-state index contributed by atoms with van der Waals surface area (Å²) in [6.07, 6.45) is 0. The van der Waals surface area contributed by atoms with Gasteiger partial charge in [0.15, 0.2) is 17.3 Å². The predicted octanol–water partition coefficient (Wildman–Crippen LogP) is 3.61. The van der Waals surface area contributed by atoms with E-state index in [1.807, 2.05) is 6.07 Å². The summed E-state index contributed by atoms with van der Waals surface area (Å²) in [5.74, 6) is 1.37. The molecule has 23 heavy (non-hydrogen) atoms. The molecule has 118 valence electrons. The molecule has 0 atom stereocenters. The van der Waals surface area contributed by atoms with E-state index in [4.69, 9.17) is 20.6 Å². The zero-order chi connectivity index (χ0) is 16.2. The number of aromatic nitrogens is 2. The van der Waals surface area contributed by atoms with Crippen molar-refractivity contribution in [2.24, 2.45) is 0 Å². The van der Waals surface area contributed by atoms with Gasteiger partial charge < -0.3 is 14.4 Å². The van der Waals surface area contributed by atoms with Crippen LogP contribution < -0.4 is 10.6 Å². The fourth-order valence-electron chi connectivity index (χ4n) is 1.94. The maximum Gasteiger partial charge on any atom is 0.320 e. The van der Waals surface area contributed by atoms with E-state index in [1.54, 1.807) is 37.3 Å². The van der Waals surface area contributed by atoms with Gasteiger partial charge in [-0.25, -0.2) is 4.79 Å².